The van der Waals surface area contributed by atoms with Crippen molar-refractivity contribution in [2.24, 2.45) is 5.92 Å². The van der Waals surface area contributed by atoms with Gasteiger partial charge in [-0.3, -0.25) is 19.4 Å². The van der Waals surface area contributed by atoms with Crippen LogP contribution in [0.15, 0.2) is 12.4 Å². The first-order chi connectivity index (χ1) is 16.3. The van der Waals surface area contributed by atoms with Gasteiger partial charge in [-0.2, -0.15) is 0 Å². The molecule has 1 aromatic heterocycles. The van der Waals surface area contributed by atoms with E-state index >= 15 is 0 Å². The van der Waals surface area contributed by atoms with Gasteiger partial charge in [0, 0.05) is 6.42 Å². The van der Waals surface area contributed by atoms with E-state index in [-0.39, 0.29) is 23.1 Å². The van der Waals surface area contributed by atoms with Gasteiger partial charge >= 0.3 is 7.12 Å². The zero-order chi connectivity index (χ0) is 24.9. The number of carbonyl (C=O) groups is 3. The van der Waals surface area contributed by atoms with E-state index in [1.807, 2.05) is 13.8 Å². The van der Waals surface area contributed by atoms with Crippen molar-refractivity contribution in [3.8, 4) is 0 Å². The molecule has 0 aromatic carbocycles. The van der Waals surface area contributed by atoms with Gasteiger partial charge in [-0.05, 0) is 25.2 Å². The summed E-state index contributed by atoms with van der Waals surface area (Å²) in [7, 11) is -1.70. The molecule has 0 aliphatic carbocycles. The molecule has 0 spiro atoms. The van der Waals surface area contributed by atoms with E-state index in [0.717, 1.165) is 57.8 Å². The second kappa shape index (κ2) is 14.8. The van der Waals surface area contributed by atoms with Gasteiger partial charge in [0.05, 0.1) is 18.3 Å². The monoisotopic (exact) mass is 474 g/mol. The lowest BCUT2D eigenvalue weighted by molar-refractivity contribution is -0.123. The Morgan fingerprint density at radius 3 is 2.24 bits per heavy atom. The Kier molecular flexibility index (Phi) is 12.2. The average molecular weight is 474 g/mol. The van der Waals surface area contributed by atoms with Crippen LogP contribution in [0.3, 0.4) is 0 Å². The molecule has 0 saturated carbocycles. The van der Waals surface area contributed by atoms with Gasteiger partial charge in [-0.25, -0.2) is 4.98 Å². The van der Waals surface area contributed by atoms with Crippen LogP contribution in [0.5, 0.6) is 0 Å². The largest absolute Gasteiger partial charge is 0.475 e. The normalized spacial score (nSPS) is 20.1. The van der Waals surface area contributed by atoms with Gasteiger partial charge in [-0.15, -0.1) is 0 Å². The highest BCUT2D eigenvalue weighted by Gasteiger charge is 2.30. The van der Waals surface area contributed by atoms with E-state index in [1.165, 1.54) is 12.4 Å². The number of nitrogens with one attached hydrogen (secondary N) is 2. The minimum Gasteiger partial charge on any atom is -0.426 e. The van der Waals surface area contributed by atoms with Crippen LogP contribution < -0.4 is 10.6 Å². The first kappa shape index (κ1) is 27.9. The molecule has 2 bridgehead atoms. The van der Waals surface area contributed by atoms with E-state index in [9.17, 15) is 24.4 Å². The predicted octanol–water partition coefficient (Wildman–Crippen LogP) is 2.61. The maximum atomic E-state index is 13.0. The lowest BCUT2D eigenvalue weighted by Crippen LogP contribution is -2.54. The lowest BCUT2D eigenvalue weighted by Gasteiger charge is -2.24. The van der Waals surface area contributed by atoms with Crippen molar-refractivity contribution in [2.75, 3.05) is 0 Å². The van der Waals surface area contributed by atoms with Gasteiger partial charge in [0.1, 0.15) is 17.4 Å². The molecule has 9 nitrogen and oxygen atoms in total. The highest BCUT2D eigenvalue weighted by Crippen LogP contribution is 2.15. The second-order valence-electron chi connectivity index (χ2n) is 9.62. The van der Waals surface area contributed by atoms with Gasteiger partial charge in [-0.1, -0.05) is 65.2 Å². The number of hydrogen-bond acceptors (Lipinski definition) is 7. The summed E-state index contributed by atoms with van der Waals surface area (Å²) >= 11 is 0. The molecular weight excluding hydrogens is 435 g/mol. The number of ketones is 1. The van der Waals surface area contributed by atoms with Crippen molar-refractivity contribution in [1.29, 1.82) is 0 Å². The minimum atomic E-state index is -1.70. The van der Waals surface area contributed by atoms with Crippen LogP contribution in [-0.4, -0.2) is 56.7 Å². The second-order valence-corrected chi connectivity index (χ2v) is 9.62. The number of Topliss-reactive ketones (excluding diaryl/α,β-unsaturated/α-hetero) is 1. The molecule has 2 rings (SSSR count). The molecule has 2 amide bonds. The Hall–Kier alpha value is -2.33. The van der Waals surface area contributed by atoms with Crippen molar-refractivity contribution in [1.82, 2.24) is 20.6 Å². The Balaban J connectivity index is 2.17. The summed E-state index contributed by atoms with van der Waals surface area (Å²) in [4.78, 5) is 46.6. The first-order valence-electron chi connectivity index (χ1n) is 12.6. The molecule has 34 heavy (non-hydrogen) atoms. The van der Waals surface area contributed by atoms with Gasteiger partial charge in [0.2, 0.25) is 5.91 Å². The topological polar surface area (TPSA) is 142 Å². The number of aromatic nitrogens is 2. The van der Waals surface area contributed by atoms with Crippen molar-refractivity contribution in [3.63, 3.8) is 0 Å². The summed E-state index contributed by atoms with van der Waals surface area (Å²) in [6, 6.07) is -0.860. The zero-order valence-electron chi connectivity index (χ0n) is 20.5. The maximum absolute atomic E-state index is 13.0. The van der Waals surface area contributed by atoms with E-state index in [0.29, 0.717) is 19.3 Å². The van der Waals surface area contributed by atoms with Crippen LogP contribution in [0.2, 0.25) is 0 Å². The fourth-order valence-electron chi connectivity index (χ4n) is 4.16. The van der Waals surface area contributed by atoms with Crippen LogP contribution in [0.1, 0.15) is 112 Å². The Morgan fingerprint density at radius 1 is 1.03 bits per heavy atom. The Bertz CT molecular complexity index is 805. The summed E-state index contributed by atoms with van der Waals surface area (Å²) in [6.45, 7) is 3.85. The first-order valence-corrected chi connectivity index (χ1v) is 12.6. The van der Waals surface area contributed by atoms with Crippen LogP contribution in [0.4, 0.5) is 0 Å². The summed E-state index contributed by atoms with van der Waals surface area (Å²) in [5.74, 6) is -1.90. The van der Waals surface area contributed by atoms with Crippen LogP contribution in [0, 0.1) is 5.92 Å². The molecule has 188 valence electrons. The maximum Gasteiger partial charge on any atom is 0.475 e. The highest BCUT2D eigenvalue weighted by atomic mass is 16.4. The summed E-state index contributed by atoms with van der Waals surface area (Å²) < 4.78 is 0. The summed E-state index contributed by atoms with van der Waals surface area (Å²) in [6.07, 6.45) is 12.8. The van der Waals surface area contributed by atoms with Crippen molar-refractivity contribution in [2.45, 2.75) is 103 Å². The van der Waals surface area contributed by atoms with Gasteiger partial charge < -0.3 is 20.7 Å². The zero-order valence-corrected chi connectivity index (χ0v) is 20.5. The molecule has 1 aliphatic rings. The molecule has 1 aliphatic heterocycles. The number of fused-ring (bicyclic) bond motifs is 2. The Labute approximate surface area is 202 Å². The smallest absolute Gasteiger partial charge is 0.426 e. The van der Waals surface area contributed by atoms with Crippen molar-refractivity contribution >= 4 is 24.7 Å². The summed E-state index contributed by atoms with van der Waals surface area (Å²) in [5.41, 5.74) is 0.126. The summed E-state index contributed by atoms with van der Waals surface area (Å²) in [5, 5.41) is 24.8. The van der Waals surface area contributed by atoms with Crippen molar-refractivity contribution in [3.05, 3.63) is 23.8 Å². The fourth-order valence-corrected chi connectivity index (χ4v) is 4.16. The van der Waals surface area contributed by atoms with E-state index in [4.69, 9.17) is 0 Å². The SMILES string of the molecule is CC(C)CC(NC(=O)C1CCCCCCCCCCCC(=O)c2cncc(n2)C(=O)N1)B(O)O. The fraction of sp³-hybridized carbons (Fsp3) is 0.708. The average Bonchev–Trinajstić information content (AvgIpc) is 2.80. The third-order valence-corrected chi connectivity index (χ3v) is 6.08. The molecular formula is C24H39BN4O5. The quantitative estimate of drug-likeness (QED) is 0.481. The van der Waals surface area contributed by atoms with Gasteiger partial charge in [0.25, 0.3) is 5.91 Å². The van der Waals surface area contributed by atoms with E-state index in [1.54, 1.807) is 0 Å². The predicted molar refractivity (Wildman–Crippen MR) is 130 cm³/mol. The van der Waals surface area contributed by atoms with Crippen LogP contribution in [-0.2, 0) is 4.79 Å². The van der Waals surface area contributed by atoms with E-state index < -0.39 is 30.9 Å². The number of amides is 2. The molecule has 0 saturated heterocycles. The van der Waals surface area contributed by atoms with Gasteiger partial charge in [0.15, 0.2) is 5.78 Å². The number of nitrogens with zero attached hydrogens (tertiary/aromatic N) is 2. The minimum absolute atomic E-state index is 0.0225. The molecule has 0 fully saturated rings. The molecule has 2 heterocycles. The van der Waals surface area contributed by atoms with Crippen molar-refractivity contribution < 1.29 is 24.4 Å². The molecule has 2 atom stereocenters. The third-order valence-electron chi connectivity index (χ3n) is 6.08. The molecule has 0 radical (unpaired) electrons. The molecule has 4 N–H and O–H groups in total. The molecule has 10 heteroatoms. The van der Waals surface area contributed by atoms with Crippen LogP contribution >= 0.6 is 0 Å². The number of hydrogen-bond donors (Lipinski definition) is 4. The number of rotatable bonds is 5. The highest BCUT2D eigenvalue weighted by molar-refractivity contribution is 6.43. The number of carbonyl (C=O) groups excluding carboxylic acids is 3. The standard InChI is InChI=1S/C24H39BN4O5/c1-17(2)14-22(25(33)34)29-23(31)18-12-10-8-6-4-3-5-7-9-11-13-21(30)19-15-26-16-20(27-19)24(32)28-18/h15-18,22,33-34H,3-14H2,1-2H3,(H,28,32)(H,29,31). The molecule has 2 unspecified atom stereocenters. The lowest BCUT2D eigenvalue weighted by atomic mass is 9.75. The van der Waals surface area contributed by atoms with E-state index in [2.05, 4.69) is 20.6 Å². The third kappa shape index (κ3) is 9.89. The Morgan fingerprint density at radius 2 is 1.62 bits per heavy atom. The van der Waals surface area contributed by atoms with Crippen LogP contribution in [0.25, 0.3) is 0 Å². The molecule has 1 aromatic rings.